The van der Waals surface area contributed by atoms with Crippen LogP contribution in [0, 0.1) is 0 Å². The maximum absolute atomic E-state index is 11.5. The van der Waals surface area contributed by atoms with E-state index in [9.17, 15) is 4.79 Å². The van der Waals surface area contributed by atoms with E-state index < -0.39 is 0 Å². The minimum atomic E-state index is -0.319. The van der Waals surface area contributed by atoms with E-state index in [1.807, 2.05) is 48.5 Å². The third kappa shape index (κ3) is 3.61. The predicted molar refractivity (Wildman–Crippen MR) is 98.6 cm³/mol. The first-order valence-corrected chi connectivity index (χ1v) is 7.79. The lowest BCUT2D eigenvalue weighted by molar-refractivity contribution is 0.0600. The van der Waals surface area contributed by atoms with Crippen molar-refractivity contribution in [3.8, 4) is 11.1 Å². The number of rotatable bonds is 4. The van der Waals surface area contributed by atoms with Crippen LogP contribution in [0.5, 0.6) is 0 Å². The molecule has 118 valence electrons. The van der Waals surface area contributed by atoms with Gasteiger partial charge in [-0.25, -0.2) is 4.79 Å². The summed E-state index contributed by atoms with van der Waals surface area (Å²) in [6.07, 6.45) is 4.14. The van der Waals surface area contributed by atoms with Gasteiger partial charge in [-0.3, -0.25) is 0 Å². The number of esters is 1. The zero-order valence-electron chi connectivity index (χ0n) is 13.5. The minimum Gasteiger partial charge on any atom is -0.465 e. The van der Waals surface area contributed by atoms with E-state index in [2.05, 4.69) is 30.3 Å². The first-order valence-electron chi connectivity index (χ1n) is 7.79. The van der Waals surface area contributed by atoms with Crippen LogP contribution in [-0.2, 0) is 4.74 Å². The summed E-state index contributed by atoms with van der Waals surface area (Å²) < 4.78 is 4.71. The number of methoxy groups -OCH3 is 1. The summed E-state index contributed by atoms with van der Waals surface area (Å²) in [6, 6.07) is 26.0. The zero-order chi connectivity index (χ0) is 16.8. The average molecular weight is 314 g/mol. The third-order valence-electron chi connectivity index (χ3n) is 3.83. The second-order valence-corrected chi connectivity index (χ2v) is 5.40. The standard InChI is InChI=1S/C22H18O2/c1-24-22(23)20-15-12-17(13-16-20)11-14-19-9-5-6-10-21(19)18-7-3-2-4-8-18/h2-16H,1H3. The van der Waals surface area contributed by atoms with Crippen LogP contribution in [0.4, 0.5) is 0 Å². The SMILES string of the molecule is COC(=O)c1ccc(C=Cc2ccccc2-c2ccccc2)cc1. The fourth-order valence-corrected chi connectivity index (χ4v) is 2.56. The number of carbonyl (C=O) groups excluding carboxylic acids is 1. The van der Waals surface area contributed by atoms with Crippen molar-refractivity contribution in [1.82, 2.24) is 0 Å². The molecule has 24 heavy (non-hydrogen) atoms. The molecule has 2 nitrogen and oxygen atoms in total. The smallest absolute Gasteiger partial charge is 0.337 e. The van der Waals surface area contributed by atoms with E-state index in [-0.39, 0.29) is 5.97 Å². The molecule has 0 heterocycles. The molecule has 3 rings (SSSR count). The predicted octanol–water partition coefficient (Wildman–Crippen LogP) is 5.31. The number of hydrogen-bond acceptors (Lipinski definition) is 2. The Morgan fingerprint density at radius 3 is 2.17 bits per heavy atom. The first kappa shape index (κ1) is 15.8. The van der Waals surface area contributed by atoms with Crippen molar-refractivity contribution in [3.05, 3.63) is 95.6 Å². The lowest BCUT2D eigenvalue weighted by Crippen LogP contribution is -2.00. The largest absolute Gasteiger partial charge is 0.465 e. The van der Waals surface area contributed by atoms with E-state index in [1.165, 1.54) is 18.2 Å². The molecule has 0 aliphatic carbocycles. The molecule has 3 aromatic carbocycles. The van der Waals surface area contributed by atoms with Gasteiger partial charge in [-0.1, -0.05) is 78.9 Å². The van der Waals surface area contributed by atoms with Gasteiger partial charge in [0.1, 0.15) is 0 Å². The van der Waals surface area contributed by atoms with Crippen molar-refractivity contribution in [3.63, 3.8) is 0 Å². The van der Waals surface area contributed by atoms with Crippen LogP contribution in [0.3, 0.4) is 0 Å². The van der Waals surface area contributed by atoms with Gasteiger partial charge in [0.15, 0.2) is 0 Å². The van der Waals surface area contributed by atoms with Gasteiger partial charge in [-0.2, -0.15) is 0 Å². The average Bonchev–Trinajstić information content (AvgIpc) is 2.67. The van der Waals surface area contributed by atoms with Crippen LogP contribution in [-0.4, -0.2) is 13.1 Å². The Balaban J connectivity index is 1.86. The van der Waals surface area contributed by atoms with Crippen molar-refractivity contribution in [2.45, 2.75) is 0 Å². The van der Waals surface area contributed by atoms with Gasteiger partial charge in [-0.05, 0) is 34.4 Å². The molecular weight excluding hydrogens is 296 g/mol. The summed E-state index contributed by atoms with van der Waals surface area (Å²) in [7, 11) is 1.39. The van der Waals surface area contributed by atoms with Gasteiger partial charge in [0.2, 0.25) is 0 Å². The molecular formula is C22H18O2. The summed E-state index contributed by atoms with van der Waals surface area (Å²) in [6.45, 7) is 0. The van der Waals surface area contributed by atoms with Crippen molar-refractivity contribution in [1.29, 1.82) is 0 Å². The Morgan fingerprint density at radius 1 is 0.792 bits per heavy atom. The van der Waals surface area contributed by atoms with Crippen molar-refractivity contribution in [2.75, 3.05) is 7.11 Å². The quantitative estimate of drug-likeness (QED) is 0.482. The molecule has 0 aliphatic rings. The Hall–Kier alpha value is -3.13. The summed E-state index contributed by atoms with van der Waals surface area (Å²) >= 11 is 0. The molecule has 2 heteroatoms. The van der Waals surface area contributed by atoms with Crippen molar-refractivity contribution >= 4 is 18.1 Å². The van der Waals surface area contributed by atoms with Gasteiger partial charge in [0, 0.05) is 0 Å². The van der Waals surface area contributed by atoms with Gasteiger partial charge >= 0.3 is 5.97 Å². The maximum atomic E-state index is 11.5. The maximum Gasteiger partial charge on any atom is 0.337 e. The van der Waals surface area contributed by atoms with Gasteiger partial charge < -0.3 is 4.74 Å². The topological polar surface area (TPSA) is 26.3 Å². The molecule has 0 saturated carbocycles. The molecule has 0 unspecified atom stereocenters. The van der Waals surface area contributed by atoms with Crippen LogP contribution in [0.25, 0.3) is 23.3 Å². The summed E-state index contributed by atoms with van der Waals surface area (Å²) in [5, 5.41) is 0. The van der Waals surface area contributed by atoms with E-state index in [0.717, 1.165) is 11.1 Å². The molecule has 0 radical (unpaired) electrons. The van der Waals surface area contributed by atoms with Crippen LogP contribution < -0.4 is 0 Å². The fourth-order valence-electron chi connectivity index (χ4n) is 2.56. The molecule has 0 N–H and O–H groups in total. The Kier molecular flexibility index (Phi) is 4.87. The second-order valence-electron chi connectivity index (χ2n) is 5.40. The molecule has 0 bridgehead atoms. The van der Waals surface area contributed by atoms with Crippen LogP contribution in [0.2, 0.25) is 0 Å². The fraction of sp³-hybridized carbons (Fsp3) is 0.0455. The molecule has 0 aliphatic heterocycles. The third-order valence-corrected chi connectivity index (χ3v) is 3.83. The monoisotopic (exact) mass is 314 g/mol. The van der Waals surface area contributed by atoms with E-state index in [0.29, 0.717) is 5.56 Å². The van der Waals surface area contributed by atoms with Crippen molar-refractivity contribution in [2.24, 2.45) is 0 Å². The number of carbonyl (C=O) groups is 1. The summed E-state index contributed by atoms with van der Waals surface area (Å²) in [5.41, 5.74) is 5.13. The van der Waals surface area contributed by atoms with Crippen LogP contribution >= 0.6 is 0 Å². The number of benzene rings is 3. The molecule has 0 atom stereocenters. The van der Waals surface area contributed by atoms with Gasteiger partial charge in [0.25, 0.3) is 0 Å². The molecule has 0 fully saturated rings. The lowest BCUT2D eigenvalue weighted by Gasteiger charge is -2.06. The Bertz CT molecular complexity index is 847. The minimum absolute atomic E-state index is 0.319. The lowest BCUT2D eigenvalue weighted by atomic mass is 9.99. The Labute approximate surface area is 142 Å². The highest BCUT2D eigenvalue weighted by atomic mass is 16.5. The highest BCUT2D eigenvalue weighted by molar-refractivity contribution is 5.89. The molecule has 0 saturated heterocycles. The normalized spacial score (nSPS) is 10.7. The first-order chi connectivity index (χ1) is 11.8. The summed E-state index contributed by atoms with van der Waals surface area (Å²) in [5.74, 6) is -0.319. The molecule has 0 amide bonds. The Morgan fingerprint density at radius 2 is 1.46 bits per heavy atom. The van der Waals surface area contributed by atoms with E-state index in [1.54, 1.807) is 12.1 Å². The molecule has 0 spiro atoms. The van der Waals surface area contributed by atoms with Crippen molar-refractivity contribution < 1.29 is 9.53 Å². The highest BCUT2D eigenvalue weighted by Gasteiger charge is 2.04. The zero-order valence-corrected chi connectivity index (χ0v) is 13.5. The molecule has 3 aromatic rings. The van der Waals surface area contributed by atoms with Gasteiger partial charge in [0.05, 0.1) is 12.7 Å². The second kappa shape index (κ2) is 7.42. The van der Waals surface area contributed by atoms with E-state index in [4.69, 9.17) is 4.74 Å². The number of hydrogen-bond donors (Lipinski definition) is 0. The van der Waals surface area contributed by atoms with Crippen LogP contribution in [0.1, 0.15) is 21.5 Å². The van der Waals surface area contributed by atoms with E-state index >= 15 is 0 Å². The highest BCUT2D eigenvalue weighted by Crippen LogP contribution is 2.25. The van der Waals surface area contributed by atoms with Crippen LogP contribution in [0.15, 0.2) is 78.9 Å². The summed E-state index contributed by atoms with van der Waals surface area (Å²) in [4.78, 5) is 11.5. The molecule has 0 aromatic heterocycles. The number of ether oxygens (including phenoxy) is 1. The van der Waals surface area contributed by atoms with Gasteiger partial charge in [-0.15, -0.1) is 0 Å².